The van der Waals surface area contributed by atoms with E-state index in [-0.39, 0.29) is 22.2 Å². The Hall–Kier alpha value is -1.75. The number of fused-ring (bicyclic) bond motifs is 2. The SMILES string of the molecule is O=C(c1ccc(-c2ccno2)cc1)C1CC2CCC(C1)S2=O. The first-order valence-corrected chi connectivity index (χ1v) is 8.94. The average molecular weight is 315 g/mol. The van der Waals surface area contributed by atoms with E-state index in [0.29, 0.717) is 5.76 Å². The largest absolute Gasteiger partial charge is 0.356 e. The van der Waals surface area contributed by atoms with Crippen molar-refractivity contribution in [3.63, 3.8) is 0 Å². The highest BCUT2D eigenvalue weighted by atomic mass is 32.2. The van der Waals surface area contributed by atoms with Crippen LogP contribution in [0.25, 0.3) is 11.3 Å². The van der Waals surface area contributed by atoms with Gasteiger partial charge in [-0.1, -0.05) is 29.4 Å². The van der Waals surface area contributed by atoms with Crippen LogP contribution in [0.3, 0.4) is 0 Å². The molecule has 5 heteroatoms. The molecular formula is C17H17NO3S. The van der Waals surface area contributed by atoms with Gasteiger partial charge >= 0.3 is 0 Å². The Morgan fingerprint density at radius 2 is 1.77 bits per heavy atom. The predicted octanol–water partition coefficient (Wildman–Crippen LogP) is 3.21. The van der Waals surface area contributed by atoms with E-state index in [1.54, 1.807) is 12.3 Å². The maximum Gasteiger partial charge on any atom is 0.166 e. The van der Waals surface area contributed by atoms with Gasteiger partial charge in [0.25, 0.3) is 0 Å². The number of carbonyl (C=O) groups excluding carboxylic acids is 1. The fourth-order valence-electron chi connectivity index (χ4n) is 3.65. The van der Waals surface area contributed by atoms with Crippen LogP contribution in [0, 0.1) is 5.92 Å². The highest BCUT2D eigenvalue weighted by molar-refractivity contribution is 7.86. The summed E-state index contributed by atoms with van der Waals surface area (Å²) in [6.45, 7) is 0. The van der Waals surface area contributed by atoms with Crippen LogP contribution < -0.4 is 0 Å². The lowest BCUT2D eigenvalue weighted by Gasteiger charge is -2.26. The highest BCUT2D eigenvalue weighted by Gasteiger charge is 2.42. The molecule has 0 radical (unpaired) electrons. The van der Waals surface area contributed by atoms with Crippen molar-refractivity contribution in [2.24, 2.45) is 5.92 Å². The Bertz CT molecular complexity index is 692. The number of hydrogen-bond acceptors (Lipinski definition) is 4. The molecule has 1 aromatic heterocycles. The lowest BCUT2D eigenvalue weighted by molar-refractivity contribution is 0.0906. The van der Waals surface area contributed by atoms with Crippen LogP contribution in [0.15, 0.2) is 41.1 Å². The van der Waals surface area contributed by atoms with Gasteiger partial charge in [0, 0.05) is 44.4 Å². The second-order valence-electron chi connectivity index (χ2n) is 6.14. The maximum atomic E-state index is 12.7. The molecule has 2 unspecified atom stereocenters. The molecule has 2 bridgehead atoms. The molecule has 2 aliphatic rings. The van der Waals surface area contributed by atoms with Crippen LogP contribution in [0.4, 0.5) is 0 Å². The molecule has 0 N–H and O–H groups in total. The predicted molar refractivity (Wildman–Crippen MR) is 83.9 cm³/mol. The van der Waals surface area contributed by atoms with Crippen molar-refractivity contribution >= 4 is 16.6 Å². The van der Waals surface area contributed by atoms with Crippen molar-refractivity contribution in [2.45, 2.75) is 36.2 Å². The average Bonchev–Trinajstić information content (AvgIpc) is 3.13. The third-order valence-corrected chi connectivity index (χ3v) is 7.00. The fourth-order valence-corrected chi connectivity index (χ4v) is 5.77. The molecule has 2 saturated heterocycles. The maximum absolute atomic E-state index is 12.7. The molecule has 2 fully saturated rings. The van der Waals surface area contributed by atoms with E-state index in [4.69, 9.17) is 4.52 Å². The monoisotopic (exact) mass is 315 g/mol. The summed E-state index contributed by atoms with van der Waals surface area (Å²) in [5, 5.41) is 4.16. The molecule has 0 saturated carbocycles. The first kappa shape index (κ1) is 13.9. The molecule has 2 aliphatic heterocycles. The van der Waals surface area contributed by atoms with Crippen molar-refractivity contribution in [1.29, 1.82) is 0 Å². The Labute approximate surface area is 131 Å². The first-order chi connectivity index (χ1) is 10.7. The molecule has 2 aromatic rings. The lowest BCUT2D eigenvalue weighted by atomic mass is 9.90. The minimum absolute atomic E-state index is 0.0336. The van der Waals surface area contributed by atoms with E-state index < -0.39 is 10.8 Å². The number of benzene rings is 1. The van der Waals surface area contributed by atoms with Crippen LogP contribution in [0.2, 0.25) is 0 Å². The summed E-state index contributed by atoms with van der Waals surface area (Å²) >= 11 is 0. The van der Waals surface area contributed by atoms with Crippen molar-refractivity contribution in [1.82, 2.24) is 5.16 Å². The number of aromatic nitrogens is 1. The first-order valence-electron chi connectivity index (χ1n) is 7.67. The van der Waals surface area contributed by atoms with Crippen molar-refractivity contribution in [2.75, 3.05) is 0 Å². The van der Waals surface area contributed by atoms with Gasteiger partial charge in [0.1, 0.15) is 0 Å². The molecule has 2 atom stereocenters. The topological polar surface area (TPSA) is 60.2 Å². The van der Waals surface area contributed by atoms with Crippen molar-refractivity contribution < 1.29 is 13.5 Å². The molecule has 4 nitrogen and oxygen atoms in total. The summed E-state index contributed by atoms with van der Waals surface area (Å²) in [6.07, 6.45) is 5.21. The molecule has 114 valence electrons. The van der Waals surface area contributed by atoms with Crippen LogP contribution >= 0.6 is 0 Å². The second-order valence-corrected chi connectivity index (χ2v) is 8.13. The Morgan fingerprint density at radius 1 is 1.09 bits per heavy atom. The van der Waals surface area contributed by atoms with E-state index in [0.717, 1.165) is 36.8 Å². The zero-order chi connectivity index (χ0) is 15.1. The normalized spacial score (nSPS) is 30.4. The Kier molecular flexibility index (Phi) is 3.45. The fraction of sp³-hybridized carbons (Fsp3) is 0.412. The number of rotatable bonds is 3. The van der Waals surface area contributed by atoms with E-state index in [1.807, 2.05) is 24.3 Å². The zero-order valence-corrected chi connectivity index (χ0v) is 12.9. The third-order valence-electron chi connectivity index (χ3n) is 4.83. The molecule has 4 rings (SSSR count). The van der Waals surface area contributed by atoms with E-state index >= 15 is 0 Å². The summed E-state index contributed by atoms with van der Waals surface area (Å²) in [5.74, 6) is 0.925. The molecule has 0 amide bonds. The van der Waals surface area contributed by atoms with Crippen LogP contribution in [0.1, 0.15) is 36.0 Å². The summed E-state index contributed by atoms with van der Waals surface area (Å²) in [7, 11) is -0.708. The minimum atomic E-state index is -0.708. The van der Waals surface area contributed by atoms with Crippen LogP contribution in [-0.2, 0) is 10.8 Å². The molecular weight excluding hydrogens is 298 g/mol. The standard InChI is InChI=1S/C17H17NO3S/c19-17(13-9-14-5-6-15(10-13)22(14)20)12-3-1-11(2-4-12)16-7-8-18-21-16/h1-4,7-8,13-15H,5-6,9-10H2. The molecule has 0 spiro atoms. The van der Waals surface area contributed by atoms with Gasteiger partial charge < -0.3 is 4.52 Å². The Balaban J connectivity index is 1.52. The summed E-state index contributed by atoms with van der Waals surface area (Å²) in [6, 6.07) is 9.29. The van der Waals surface area contributed by atoms with Gasteiger partial charge in [0.05, 0.1) is 6.20 Å². The smallest absolute Gasteiger partial charge is 0.166 e. The summed E-state index contributed by atoms with van der Waals surface area (Å²) in [4.78, 5) is 12.7. The van der Waals surface area contributed by atoms with E-state index in [2.05, 4.69) is 5.16 Å². The Morgan fingerprint density at radius 3 is 2.36 bits per heavy atom. The number of hydrogen-bond donors (Lipinski definition) is 0. The van der Waals surface area contributed by atoms with Gasteiger partial charge in [0.2, 0.25) is 0 Å². The summed E-state index contributed by atoms with van der Waals surface area (Å²) in [5.41, 5.74) is 1.65. The number of carbonyl (C=O) groups is 1. The summed E-state index contributed by atoms with van der Waals surface area (Å²) < 4.78 is 17.2. The van der Waals surface area contributed by atoms with Crippen molar-refractivity contribution in [3.05, 3.63) is 42.1 Å². The van der Waals surface area contributed by atoms with Gasteiger partial charge in [-0.25, -0.2) is 0 Å². The number of nitrogens with zero attached hydrogens (tertiary/aromatic N) is 1. The van der Waals surface area contributed by atoms with Gasteiger partial charge in [0.15, 0.2) is 11.5 Å². The van der Waals surface area contributed by atoms with Crippen LogP contribution in [-0.4, -0.2) is 25.6 Å². The quantitative estimate of drug-likeness (QED) is 0.816. The second kappa shape index (κ2) is 5.47. The van der Waals surface area contributed by atoms with E-state index in [9.17, 15) is 9.00 Å². The molecule has 22 heavy (non-hydrogen) atoms. The van der Waals surface area contributed by atoms with Crippen molar-refractivity contribution in [3.8, 4) is 11.3 Å². The van der Waals surface area contributed by atoms with Crippen LogP contribution in [0.5, 0.6) is 0 Å². The lowest BCUT2D eigenvalue weighted by Crippen LogP contribution is -2.32. The number of Topliss-reactive ketones (excluding diaryl/α,β-unsaturated/α-hetero) is 1. The van der Waals surface area contributed by atoms with Gasteiger partial charge in [-0.2, -0.15) is 0 Å². The third kappa shape index (κ3) is 2.33. The zero-order valence-electron chi connectivity index (χ0n) is 12.1. The molecule has 0 aliphatic carbocycles. The van der Waals surface area contributed by atoms with Gasteiger partial charge in [-0.05, 0) is 25.7 Å². The number of ketones is 1. The molecule has 3 heterocycles. The minimum Gasteiger partial charge on any atom is -0.356 e. The highest BCUT2D eigenvalue weighted by Crippen LogP contribution is 2.39. The van der Waals surface area contributed by atoms with Gasteiger partial charge in [-0.3, -0.25) is 9.00 Å². The molecule has 1 aromatic carbocycles. The van der Waals surface area contributed by atoms with E-state index in [1.165, 1.54) is 0 Å². The van der Waals surface area contributed by atoms with Gasteiger partial charge in [-0.15, -0.1) is 0 Å².